The molecule has 0 spiro atoms. The van der Waals surface area contributed by atoms with Gasteiger partial charge in [-0.05, 0) is 44.2 Å². The van der Waals surface area contributed by atoms with Crippen LogP contribution < -0.4 is 5.32 Å². The minimum absolute atomic E-state index is 0.253. The summed E-state index contributed by atoms with van der Waals surface area (Å²) in [4.78, 5) is 4.35. The van der Waals surface area contributed by atoms with Crippen LogP contribution in [0.4, 0.5) is 11.5 Å². The van der Waals surface area contributed by atoms with Crippen molar-refractivity contribution < 1.29 is 0 Å². The molecule has 1 aromatic carbocycles. The largest absolute Gasteiger partial charge is 0.337 e. The van der Waals surface area contributed by atoms with Gasteiger partial charge in [-0.1, -0.05) is 11.6 Å². The van der Waals surface area contributed by atoms with E-state index in [0.29, 0.717) is 11.0 Å². The van der Waals surface area contributed by atoms with Crippen molar-refractivity contribution in [3.63, 3.8) is 0 Å². The first-order chi connectivity index (χ1) is 11.1. The molecule has 3 heterocycles. The van der Waals surface area contributed by atoms with Gasteiger partial charge in [0.1, 0.15) is 5.52 Å². The second-order valence-electron chi connectivity index (χ2n) is 5.66. The Bertz CT molecular complexity index is 1000. The molecule has 0 amide bonds. The summed E-state index contributed by atoms with van der Waals surface area (Å²) >= 11 is 6.28. The van der Waals surface area contributed by atoms with Crippen LogP contribution in [0.15, 0.2) is 36.5 Å². The Morgan fingerprint density at radius 3 is 2.96 bits per heavy atom. The lowest BCUT2D eigenvalue weighted by Gasteiger charge is -2.07. The number of hydrogen-bond donors (Lipinski definition) is 2. The number of anilines is 2. The second kappa shape index (κ2) is 5.24. The molecule has 4 aromatic rings. The standard InChI is InChI=1S/C16H15ClN6/c1-9(2)23-13-6-5-10(8-11(13)15(17)22-23)19-16-14-12(20-21-16)4-3-7-18-14/h3-9H,1-2H3,(H2,19,20,21). The Balaban J connectivity index is 1.76. The topological polar surface area (TPSA) is 71.4 Å². The average molecular weight is 327 g/mol. The van der Waals surface area contributed by atoms with Crippen LogP contribution in [0, 0.1) is 0 Å². The van der Waals surface area contributed by atoms with Crippen LogP contribution in [0.3, 0.4) is 0 Å². The number of rotatable bonds is 3. The number of hydrogen-bond acceptors (Lipinski definition) is 4. The molecular formula is C16H15ClN6. The molecule has 0 atom stereocenters. The molecule has 2 N–H and O–H groups in total. The number of benzene rings is 1. The summed E-state index contributed by atoms with van der Waals surface area (Å²) in [6.45, 7) is 4.16. The fourth-order valence-corrected chi connectivity index (χ4v) is 2.88. The molecule has 0 aliphatic rings. The zero-order chi connectivity index (χ0) is 16.0. The molecule has 0 aliphatic heterocycles. The lowest BCUT2D eigenvalue weighted by molar-refractivity contribution is 0.551. The highest BCUT2D eigenvalue weighted by molar-refractivity contribution is 6.34. The number of nitrogens with zero attached hydrogens (tertiary/aromatic N) is 4. The van der Waals surface area contributed by atoms with Crippen LogP contribution in [0.5, 0.6) is 0 Å². The van der Waals surface area contributed by atoms with Crippen LogP contribution in [0.1, 0.15) is 19.9 Å². The van der Waals surface area contributed by atoms with Crippen molar-refractivity contribution in [3.05, 3.63) is 41.7 Å². The van der Waals surface area contributed by atoms with E-state index in [1.54, 1.807) is 6.20 Å². The van der Waals surface area contributed by atoms with Crippen LogP contribution in [0.2, 0.25) is 5.15 Å². The number of aromatic nitrogens is 5. The summed E-state index contributed by atoms with van der Waals surface area (Å²) < 4.78 is 1.92. The fourth-order valence-electron chi connectivity index (χ4n) is 2.65. The van der Waals surface area contributed by atoms with E-state index in [9.17, 15) is 0 Å². The predicted octanol–water partition coefficient (Wildman–Crippen LogP) is 4.29. The van der Waals surface area contributed by atoms with Crippen molar-refractivity contribution in [2.24, 2.45) is 0 Å². The molecule has 0 saturated carbocycles. The van der Waals surface area contributed by atoms with Gasteiger partial charge in [-0.2, -0.15) is 10.2 Å². The number of fused-ring (bicyclic) bond motifs is 2. The van der Waals surface area contributed by atoms with Crippen LogP contribution in [-0.2, 0) is 0 Å². The smallest absolute Gasteiger partial charge is 0.178 e. The van der Waals surface area contributed by atoms with E-state index in [4.69, 9.17) is 11.6 Å². The quantitative estimate of drug-likeness (QED) is 0.589. The minimum Gasteiger partial charge on any atom is -0.337 e. The third-order valence-corrected chi connectivity index (χ3v) is 4.01. The van der Waals surface area contributed by atoms with Crippen molar-refractivity contribution in [2.45, 2.75) is 19.9 Å². The molecule has 0 saturated heterocycles. The van der Waals surface area contributed by atoms with Crippen LogP contribution in [0.25, 0.3) is 21.9 Å². The lowest BCUT2D eigenvalue weighted by Crippen LogP contribution is -2.02. The molecule has 0 aliphatic carbocycles. The van der Waals surface area contributed by atoms with E-state index in [-0.39, 0.29) is 6.04 Å². The first kappa shape index (κ1) is 14.0. The van der Waals surface area contributed by atoms with Crippen molar-refractivity contribution in [1.82, 2.24) is 25.0 Å². The molecule has 3 aromatic heterocycles. The van der Waals surface area contributed by atoms with E-state index >= 15 is 0 Å². The Morgan fingerprint density at radius 1 is 1.26 bits per heavy atom. The maximum atomic E-state index is 6.28. The zero-order valence-electron chi connectivity index (χ0n) is 12.7. The number of aromatic amines is 1. The summed E-state index contributed by atoms with van der Waals surface area (Å²) in [5.41, 5.74) is 3.60. The first-order valence-corrected chi connectivity index (χ1v) is 7.75. The van der Waals surface area contributed by atoms with E-state index < -0.39 is 0 Å². The molecule has 0 fully saturated rings. The molecule has 0 bridgehead atoms. The molecule has 6 nitrogen and oxygen atoms in total. The number of H-pyrrole nitrogens is 1. The third kappa shape index (κ3) is 2.31. The predicted molar refractivity (Wildman–Crippen MR) is 92.3 cm³/mol. The summed E-state index contributed by atoms with van der Waals surface area (Å²) in [6, 6.07) is 10.0. The van der Waals surface area contributed by atoms with E-state index in [1.165, 1.54) is 0 Å². The van der Waals surface area contributed by atoms with E-state index in [2.05, 4.69) is 39.4 Å². The van der Waals surface area contributed by atoms with Crippen molar-refractivity contribution in [3.8, 4) is 0 Å². The Labute approximate surface area is 137 Å². The molecule has 7 heteroatoms. The Kier molecular flexibility index (Phi) is 3.20. The first-order valence-electron chi connectivity index (χ1n) is 7.37. The van der Waals surface area contributed by atoms with Gasteiger partial charge in [0.2, 0.25) is 0 Å². The highest BCUT2D eigenvalue weighted by Gasteiger charge is 2.13. The highest BCUT2D eigenvalue weighted by Crippen LogP contribution is 2.30. The number of nitrogens with one attached hydrogen (secondary N) is 2. The van der Waals surface area contributed by atoms with E-state index in [0.717, 1.165) is 27.6 Å². The third-order valence-electron chi connectivity index (χ3n) is 3.73. The van der Waals surface area contributed by atoms with Gasteiger partial charge in [0, 0.05) is 23.3 Å². The normalized spacial score (nSPS) is 11.7. The molecule has 4 rings (SSSR count). The molecule has 0 unspecified atom stereocenters. The Hall–Kier alpha value is -2.60. The summed E-state index contributed by atoms with van der Waals surface area (Å²) in [5, 5.41) is 16.3. The van der Waals surface area contributed by atoms with Crippen LogP contribution in [-0.4, -0.2) is 25.0 Å². The number of pyridine rings is 1. The minimum atomic E-state index is 0.253. The summed E-state index contributed by atoms with van der Waals surface area (Å²) in [5.74, 6) is 0.687. The average Bonchev–Trinajstić information content (AvgIpc) is 3.10. The van der Waals surface area contributed by atoms with Gasteiger partial charge >= 0.3 is 0 Å². The van der Waals surface area contributed by atoms with Gasteiger partial charge in [-0.15, -0.1) is 0 Å². The van der Waals surface area contributed by atoms with Gasteiger partial charge in [-0.3, -0.25) is 14.8 Å². The van der Waals surface area contributed by atoms with E-state index in [1.807, 2.05) is 35.0 Å². The summed E-state index contributed by atoms with van der Waals surface area (Å²) in [7, 11) is 0. The molecule has 23 heavy (non-hydrogen) atoms. The van der Waals surface area contributed by atoms with Crippen molar-refractivity contribution >= 4 is 45.0 Å². The zero-order valence-corrected chi connectivity index (χ0v) is 13.5. The van der Waals surface area contributed by atoms with Crippen molar-refractivity contribution in [2.75, 3.05) is 5.32 Å². The Morgan fingerprint density at radius 2 is 2.13 bits per heavy atom. The SMILES string of the molecule is CC(C)n1nc(Cl)c2cc(Nc3n[nH]c4cccnc34)ccc21. The van der Waals surface area contributed by atoms with Crippen LogP contribution >= 0.6 is 11.6 Å². The highest BCUT2D eigenvalue weighted by atomic mass is 35.5. The molecule has 0 radical (unpaired) electrons. The van der Waals surface area contributed by atoms with Crippen molar-refractivity contribution in [1.29, 1.82) is 0 Å². The maximum Gasteiger partial charge on any atom is 0.178 e. The molecule has 116 valence electrons. The lowest BCUT2D eigenvalue weighted by atomic mass is 10.2. The number of halogens is 1. The monoisotopic (exact) mass is 326 g/mol. The maximum absolute atomic E-state index is 6.28. The fraction of sp³-hybridized carbons (Fsp3) is 0.188. The van der Waals surface area contributed by atoms with Gasteiger partial charge in [0.25, 0.3) is 0 Å². The van der Waals surface area contributed by atoms with Gasteiger partial charge in [-0.25, -0.2) is 0 Å². The summed E-state index contributed by atoms with van der Waals surface area (Å²) in [6.07, 6.45) is 1.75. The molecular weight excluding hydrogens is 312 g/mol. The van der Waals surface area contributed by atoms with Gasteiger partial charge in [0.05, 0.1) is 11.0 Å². The van der Waals surface area contributed by atoms with Gasteiger partial charge in [0.15, 0.2) is 11.0 Å². The van der Waals surface area contributed by atoms with Gasteiger partial charge < -0.3 is 5.32 Å². The second-order valence-corrected chi connectivity index (χ2v) is 6.02.